The van der Waals surface area contributed by atoms with Crippen LogP contribution in [0.5, 0.6) is 5.75 Å². The number of amides is 1. The lowest BCUT2D eigenvalue weighted by molar-refractivity contribution is -0.143. The molecular formula is C22H24ClNO4. The van der Waals surface area contributed by atoms with Gasteiger partial charge in [-0.1, -0.05) is 30.3 Å². The monoisotopic (exact) mass is 401 g/mol. The van der Waals surface area contributed by atoms with E-state index in [0.29, 0.717) is 21.8 Å². The fraction of sp³-hybridized carbons (Fsp3) is 0.273. The molecule has 0 radical (unpaired) electrons. The smallest absolute Gasteiger partial charge is 0.316 e. The Bertz CT molecular complexity index is 902. The van der Waals surface area contributed by atoms with Crippen LogP contribution in [0.25, 0.3) is 0 Å². The van der Waals surface area contributed by atoms with Gasteiger partial charge < -0.3 is 14.7 Å². The summed E-state index contributed by atoms with van der Waals surface area (Å²) < 4.78 is 5.49. The van der Waals surface area contributed by atoms with Crippen molar-refractivity contribution < 1.29 is 19.4 Å². The Morgan fingerprint density at radius 1 is 1.18 bits per heavy atom. The highest BCUT2D eigenvalue weighted by atomic mass is 35.5. The van der Waals surface area contributed by atoms with E-state index in [1.807, 2.05) is 0 Å². The summed E-state index contributed by atoms with van der Waals surface area (Å²) in [6.45, 7) is 8.72. The molecule has 28 heavy (non-hydrogen) atoms. The Balaban J connectivity index is 2.51. The molecule has 0 heterocycles. The Kier molecular flexibility index (Phi) is 6.65. The summed E-state index contributed by atoms with van der Waals surface area (Å²) in [5.74, 6) is -0.523. The highest BCUT2D eigenvalue weighted by Crippen LogP contribution is 2.32. The van der Waals surface area contributed by atoms with Crippen LogP contribution in [0.15, 0.2) is 55.1 Å². The molecule has 1 amide bonds. The van der Waals surface area contributed by atoms with Gasteiger partial charge in [0, 0.05) is 23.8 Å². The van der Waals surface area contributed by atoms with Crippen molar-refractivity contribution >= 4 is 29.2 Å². The summed E-state index contributed by atoms with van der Waals surface area (Å²) in [6.07, 6.45) is 0.166. The largest absolute Gasteiger partial charge is 0.426 e. The van der Waals surface area contributed by atoms with Crippen LogP contribution in [0.4, 0.5) is 5.69 Å². The van der Waals surface area contributed by atoms with Gasteiger partial charge in [0.25, 0.3) is 0 Å². The molecule has 2 aromatic rings. The zero-order valence-electron chi connectivity index (χ0n) is 16.4. The van der Waals surface area contributed by atoms with E-state index < -0.39 is 17.5 Å². The van der Waals surface area contributed by atoms with Gasteiger partial charge in [0.05, 0.1) is 5.41 Å². The van der Waals surface area contributed by atoms with Crippen LogP contribution in [0.2, 0.25) is 5.02 Å². The van der Waals surface area contributed by atoms with E-state index in [2.05, 4.69) is 6.58 Å². The van der Waals surface area contributed by atoms with Gasteiger partial charge in [0.1, 0.15) is 11.9 Å². The number of hydrogen-bond acceptors (Lipinski definition) is 4. The second kappa shape index (κ2) is 8.59. The Hall–Kier alpha value is -2.63. The van der Waals surface area contributed by atoms with Crippen LogP contribution in [-0.2, 0) is 9.59 Å². The van der Waals surface area contributed by atoms with Crippen molar-refractivity contribution in [1.82, 2.24) is 0 Å². The SMILES string of the molecule is C=CC(=O)N(C)c1cc(OC(=O)C(C)(C)C)cc(C(O)c2cccc(Cl)c2)c1. The summed E-state index contributed by atoms with van der Waals surface area (Å²) >= 11 is 6.02. The van der Waals surface area contributed by atoms with Gasteiger partial charge in [-0.3, -0.25) is 9.59 Å². The number of halogens is 1. The van der Waals surface area contributed by atoms with Crippen molar-refractivity contribution in [2.75, 3.05) is 11.9 Å². The van der Waals surface area contributed by atoms with E-state index >= 15 is 0 Å². The molecule has 0 fully saturated rings. The molecule has 5 nitrogen and oxygen atoms in total. The summed E-state index contributed by atoms with van der Waals surface area (Å²) in [4.78, 5) is 25.7. The van der Waals surface area contributed by atoms with E-state index in [0.717, 1.165) is 0 Å². The van der Waals surface area contributed by atoms with Gasteiger partial charge in [-0.2, -0.15) is 0 Å². The first-order valence-corrected chi connectivity index (χ1v) is 9.11. The van der Waals surface area contributed by atoms with Crippen LogP contribution >= 0.6 is 11.6 Å². The number of esters is 1. The molecule has 0 saturated carbocycles. The first-order chi connectivity index (χ1) is 13.0. The molecule has 0 aliphatic carbocycles. The molecule has 0 aromatic heterocycles. The van der Waals surface area contributed by atoms with Crippen molar-refractivity contribution in [3.63, 3.8) is 0 Å². The third-order valence-electron chi connectivity index (χ3n) is 4.11. The predicted molar refractivity (Wildman–Crippen MR) is 111 cm³/mol. The summed E-state index contributed by atoms with van der Waals surface area (Å²) in [5, 5.41) is 11.3. The molecule has 1 unspecified atom stereocenters. The van der Waals surface area contributed by atoms with E-state index in [1.165, 1.54) is 11.0 Å². The molecule has 0 bridgehead atoms. The molecule has 0 saturated heterocycles. The number of anilines is 1. The van der Waals surface area contributed by atoms with E-state index in [1.54, 1.807) is 70.3 Å². The maximum Gasteiger partial charge on any atom is 0.316 e. The lowest BCUT2D eigenvalue weighted by Gasteiger charge is -2.22. The standard InChI is InChI=1S/C22H24ClNO4/c1-6-19(25)24(5)17-11-15(20(26)14-8-7-9-16(23)10-14)12-18(13-17)28-21(27)22(2,3)4/h6-13,20,26H,1H2,2-5H3. The Labute approximate surface area is 170 Å². The van der Waals surface area contributed by atoms with Crippen molar-refractivity contribution in [1.29, 1.82) is 0 Å². The van der Waals surface area contributed by atoms with Crippen molar-refractivity contribution in [2.24, 2.45) is 5.41 Å². The lowest BCUT2D eigenvalue weighted by atomic mass is 9.97. The number of carbonyl (C=O) groups excluding carboxylic acids is 2. The maximum atomic E-state index is 12.3. The van der Waals surface area contributed by atoms with Crippen LogP contribution < -0.4 is 9.64 Å². The number of benzene rings is 2. The second-order valence-electron chi connectivity index (χ2n) is 7.46. The predicted octanol–water partition coefficient (Wildman–Crippen LogP) is 4.52. The van der Waals surface area contributed by atoms with Crippen molar-refractivity contribution in [2.45, 2.75) is 26.9 Å². The van der Waals surface area contributed by atoms with Crippen LogP contribution in [0.3, 0.4) is 0 Å². The number of likely N-dealkylation sites (N-methyl/N-ethyl adjacent to an activating group) is 1. The molecule has 0 aliphatic rings. The molecule has 0 spiro atoms. The zero-order valence-corrected chi connectivity index (χ0v) is 17.2. The molecule has 6 heteroatoms. The van der Waals surface area contributed by atoms with Gasteiger partial charge in [0.2, 0.25) is 5.91 Å². The van der Waals surface area contributed by atoms with Crippen molar-refractivity contribution in [3.8, 4) is 5.75 Å². The van der Waals surface area contributed by atoms with Gasteiger partial charge in [-0.15, -0.1) is 0 Å². The summed E-state index contributed by atoms with van der Waals surface area (Å²) in [5.41, 5.74) is 0.792. The van der Waals surface area contributed by atoms with Crippen LogP contribution in [0, 0.1) is 5.41 Å². The quantitative estimate of drug-likeness (QED) is 0.454. The zero-order chi connectivity index (χ0) is 21.1. The number of rotatable bonds is 5. The number of nitrogens with zero attached hydrogens (tertiary/aromatic N) is 1. The number of aliphatic hydroxyl groups is 1. The molecule has 1 atom stereocenters. The van der Waals surface area contributed by atoms with E-state index in [9.17, 15) is 14.7 Å². The minimum absolute atomic E-state index is 0.234. The number of carbonyl (C=O) groups is 2. The van der Waals surface area contributed by atoms with Crippen LogP contribution in [-0.4, -0.2) is 24.0 Å². The van der Waals surface area contributed by atoms with E-state index in [4.69, 9.17) is 16.3 Å². The molecule has 2 aromatic carbocycles. The van der Waals surface area contributed by atoms with Crippen LogP contribution in [0.1, 0.15) is 38.0 Å². The van der Waals surface area contributed by atoms with Crippen molar-refractivity contribution in [3.05, 3.63) is 71.3 Å². The molecule has 0 aliphatic heterocycles. The number of aliphatic hydroxyl groups excluding tert-OH is 1. The highest BCUT2D eigenvalue weighted by Gasteiger charge is 2.25. The fourth-order valence-electron chi connectivity index (χ4n) is 2.41. The first-order valence-electron chi connectivity index (χ1n) is 8.74. The maximum absolute atomic E-state index is 12.3. The molecule has 2 rings (SSSR count). The third-order valence-corrected chi connectivity index (χ3v) is 4.34. The van der Waals surface area contributed by atoms with Gasteiger partial charge in [0.15, 0.2) is 0 Å². The lowest BCUT2D eigenvalue weighted by Crippen LogP contribution is -2.26. The summed E-state index contributed by atoms with van der Waals surface area (Å²) in [6, 6.07) is 11.6. The topological polar surface area (TPSA) is 66.8 Å². The minimum Gasteiger partial charge on any atom is -0.426 e. The van der Waals surface area contributed by atoms with Gasteiger partial charge in [-0.25, -0.2) is 0 Å². The molecular weight excluding hydrogens is 378 g/mol. The van der Waals surface area contributed by atoms with Gasteiger partial charge in [-0.05, 0) is 62.2 Å². The average molecular weight is 402 g/mol. The normalized spacial score (nSPS) is 12.2. The fourth-order valence-corrected chi connectivity index (χ4v) is 2.61. The number of hydrogen-bond donors (Lipinski definition) is 1. The Morgan fingerprint density at radius 2 is 1.86 bits per heavy atom. The third kappa shape index (κ3) is 5.21. The average Bonchev–Trinajstić information content (AvgIpc) is 2.65. The molecule has 1 N–H and O–H groups in total. The first kappa shape index (κ1) is 21.7. The number of ether oxygens (including phenoxy) is 1. The second-order valence-corrected chi connectivity index (χ2v) is 7.90. The van der Waals surface area contributed by atoms with E-state index in [-0.39, 0.29) is 11.7 Å². The Morgan fingerprint density at radius 3 is 2.43 bits per heavy atom. The summed E-state index contributed by atoms with van der Waals surface area (Å²) in [7, 11) is 1.57. The van der Waals surface area contributed by atoms with Gasteiger partial charge >= 0.3 is 5.97 Å². The molecule has 148 valence electrons. The highest BCUT2D eigenvalue weighted by molar-refractivity contribution is 6.30. The minimum atomic E-state index is -1.02.